The molecular formula is C9H16N2O. The van der Waals surface area contributed by atoms with Crippen molar-refractivity contribution in [3.05, 3.63) is 0 Å². The number of nitrogens with zero attached hydrogens (tertiary/aromatic N) is 1. The molecule has 1 saturated carbocycles. The lowest BCUT2D eigenvalue weighted by Gasteiger charge is -2.33. The van der Waals surface area contributed by atoms with Gasteiger partial charge in [-0.1, -0.05) is 13.8 Å². The smallest absolute Gasteiger partial charge is 0.225 e. The lowest BCUT2D eigenvalue weighted by Crippen LogP contribution is -2.51. The van der Waals surface area contributed by atoms with Crippen LogP contribution >= 0.6 is 0 Å². The molecule has 1 amide bonds. The molecule has 2 N–H and O–H groups in total. The first kappa shape index (κ1) is 8.05. The molecule has 68 valence electrons. The Morgan fingerprint density at radius 1 is 1.58 bits per heavy atom. The second-order valence-electron chi connectivity index (χ2n) is 4.29. The Labute approximate surface area is 72.9 Å². The molecule has 3 aliphatic rings. The minimum Gasteiger partial charge on any atom is -0.338 e. The van der Waals surface area contributed by atoms with Crippen molar-refractivity contribution in [1.82, 2.24) is 4.90 Å². The number of carbonyl (C=O) groups is 1. The van der Waals surface area contributed by atoms with Crippen LogP contribution in [0.15, 0.2) is 0 Å². The molecule has 0 aromatic rings. The van der Waals surface area contributed by atoms with Gasteiger partial charge in [-0.25, -0.2) is 0 Å². The fraction of sp³-hybridized carbons (Fsp3) is 0.889. The first-order valence-electron chi connectivity index (χ1n) is 4.67. The first-order valence-corrected chi connectivity index (χ1v) is 4.67. The molecule has 2 saturated heterocycles. The Balaban J connectivity index is 2.04. The number of rotatable bonds is 1. The number of hydrogen-bond donors (Lipinski definition) is 1. The SMILES string of the molecule is CC(C)C(=O)N1CC2CC1C2N. The lowest BCUT2D eigenvalue weighted by molar-refractivity contribution is -0.134. The van der Waals surface area contributed by atoms with Gasteiger partial charge in [-0.3, -0.25) is 4.79 Å². The highest BCUT2D eigenvalue weighted by molar-refractivity contribution is 5.79. The lowest BCUT2D eigenvalue weighted by atomic mass is 9.81. The summed E-state index contributed by atoms with van der Waals surface area (Å²) >= 11 is 0. The van der Waals surface area contributed by atoms with Crippen LogP contribution in [0, 0.1) is 11.8 Å². The molecular weight excluding hydrogens is 152 g/mol. The van der Waals surface area contributed by atoms with Gasteiger partial charge >= 0.3 is 0 Å². The van der Waals surface area contributed by atoms with Gasteiger partial charge < -0.3 is 10.6 Å². The van der Waals surface area contributed by atoms with Gasteiger partial charge in [0.15, 0.2) is 0 Å². The van der Waals surface area contributed by atoms with Crippen molar-refractivity contribution in [2.75, 3.05) is 6.54 Å². The largest absolute Gasteiger partial charge is 0.338 e. The highest BCUT2D eigenvalue weighted by Crippen LogP contribution is 2.40. The molecule has 3 atom stereocenters. The summed E-state index contributed by atoms with van der Waals surface area (Å²) in [6.45, 7) is 4.80. The molecule has 0 aromatic heterocycles. The van der Waals surface area contributed by atoms with E-state index in [9.17, 15) is 4.79 Å². The number of fused-ring (bicyclic) bond motifs is 1. The van der Waals surface area contributed by atoms with E-state index in [1.165, 1.54) is 0 Å². The molecule has 2 aliphatic heterocycles. The van der Waals surface area contributed by atoms with E-state index in [0.717, 1.165) is 13.0 Å². The van der Waals surface area contributed by atoms with Crippen LogP contribution in [0.25, 0.3) is 0 Å². The molecule has 3 heteroatoms. The summed E-state index contributed by atoms with van der Waals surface area (Å²) in [6.07, 6.45) is 1.14. The van der Waals surface area contributed by atoms with Gasteiger partial charge in [0.05, 0.1) is 0 Å². The molecule has 3 unspecified atom stereocenters. The minimum atomic E-state index is 0.122. The van der Waals surface area contributed by atoms with E-state index < -0.39 is 0 Å². The summed E-state index contributed by atoms with van der Waals surface area (Å²) in [7, 11) is 0. The van der Waals surface area contributed by atoms with Crippen LogP contribution in [0.1, 0.15) is 20.3 Å². The number of hydrogen-bond acceptors (Lipinski definition) is 2. The van der Waals surface area contributed by atoms with E-state index in [2.05, 4.69) is 0 Å². The Morgan fingerprint density at radius 2 is 2.25 bits per heavy atom. The number of carbonyl (C=O) groups excluding carboxylic acids is 1. The zero-order valence-electron chi connectivity index (χ0n) is 7.66. The number of nitrogens with two attached hydrogens (primary N) is 1. The van der Waals surface area contributed by atoms with Gasteiger partial charge in [0.1, 0.15) is 0 Å². The Bertz CT molecular complexity index is 215. The molecule has 2 bridgehead atoms. The third-order valence-electron chi connectivity index (χ3n) is 3.14. The van der Waals surface area contributed by atoms with Crippen molar-refractivity contribution in [3.8, 4) is 0 Å². The molecule has 0 aromatic carbocycles. The van der Waals surface area contributed by atoms with Crippen LogP contribution in [0.4, 0.5) is 0 Å². The highest BCUT2D eigenvalue weighted by Gasteiger charge is 2.51. The Kier molecular flexibility index (Phi) is 1.65. The van der Waals surface area contributed by atoms with Gasteiger partial charge in [-0.15, -0.1) is 0 Å². The summed E-state index contributed by atoms with van der Waals surface area (Å²) < 4.78 is 0. The predicted octanol–water partition coefficient (Wildman–Crippen LogP) is 0.200. The van der Waals surface area contributed by atoms with Crippen LogP contribution < -0.4 is 5.73 Å². The van der Waals surface area contributed by atoms with Gasteiger partial charge in [0.2, 0.25) is 5.91 Å². The first-order chi connectivity index (χ1) is 5.61. The average Bonchev–Trinajstić information content (AvgIpc) is 2.57. The predicted molar refractivity (Wildman–Crippen MR) is 46.4 cm³/mol. The Hall–Kier alpha value is -0.570. The van der Waals surface area contributed by atoms with Gasteiger partial charge in [-0.2, -0.15) is 0 Å². The zero-order chi connectivity index (χ0) is 8.88. The van der Waals surface area contributed by atoms with E-state index in [-0.39, 0.29) is 17.9 Å². The summed E-state index contributed by atoms with van der Waals surface area (Å²) in [5.41, 5.74) is 5.86. The summed E-state index contributed by atoms with van der Waals surface area (Å²) in [6, 6.07) is 0.637. The zero-order valence-corrected chi connectivity index (χ0v) is 7.66. The van der Waals surface area contributed by atoms with Crippen molar-refractivity contribution in [3.63, 3.8) is 0 Å². The molecule has 1 aliphatic carbocycles. The van der Waals surface area contributed by atoms with Crippen LogP contribution in [0.3, 0.4) is 0 Å². The van der Waals surface area contributed by atoms with Crippen molar-refractivity contribution in [2.45, 2.75) is 32.4 Å². The molecule has 0 spiro atoms. The molecule has 3 fully saturated rings. The van der Waals surface area contributed by atoms with E-state index >= 15 is 0 Å². The van der Waals surface area contributed by atoms with Crippen LogP contribution in [-0.4, -0.2) is 29.4 Å². The maximum atomic E-state index is 11.6. The summed E-state index contributed by atoms with van der Waals surface area (Å²) in [5.74, 6) is 0.990. The molecule has 3 nitrogen and oxygen atoms in total. The van der Waals surface area contributed by atoms with Gasteiger partial charge in [-0.05, 0) is 12.3 Å². The van der Waals surface area contributed by atoms with Gasteiger partial charge in [0.25, 0.3) is 0 Å². The number of amides is 1. The van der Waals surface area contributed by atoms with Crippen LogP contribution in [0.5, 0.6) is 0 Å². The summed E-state index contributed by atoms with van der Waals surface area (Å²) in [5, 5.41) is 0. The van der Waals surface area contributed by atoms with Crippen molar-refractivity contribution < 1.29 is 4.79 Å². The van der Waals surface area contributed by atoms with Gasteiger partial charge in [0, 0.05) is 24.5 Å². The van der Waals surface area contributed by atoms with E-state index in [1.807, 2.05) is 18.7 Å². The molecule has 3 rings (SSSR count). The maximum absolute atomic E-state index is 11.6. The fourth-order valence-electron chi connectivity index (χ4n) is 2.25. The quantitative estimate of drug-likeness (QED) is 0.608. The van der Waals surface area contributed by atoms with E-state index in [4.69, 9.17) is 5.73 Å². The summed E-state index contributed by atoms with van der Waals surface area (Å²) in [4.78, 5) is 13.6. The molecule has 0 radical (unpaired) electrons. The average molecular weight is 168 g/mol. The molecule has 2 heterocycles. The van der Waals surface area contributed by atoms with Crippen LogP contribution in [0.2, 0.25) is 0 Å². The fourth-order valence-corrected chi connectivity index (χ4v) is 2.25. The van der Waals surface area contributed by atoms with E-state index in [0.29, 0.717) is 12.0 Å². The Morgan fingerprint density at radius 3 is 2.58 bits per heavy atom. The van der Waals surface area contributed by atoms with Crippen LogP contribution in [-0.2, 0) is 4.79 Å². The topological polar surface area (TPSA) is 46.3 Å². The highest BCUT2D eigenvalue weighted by atomic mass is 16.2. The minimum absolute atomic E-state index is 0.122. The monoisotopic (exact) mass is 168 g/mol. The van der Waals surface area contributed by atoms with Crippen molar-refractivity contribution >= 4 is 5.91 Å². The van der Waals surface area contributed by atoms with E-state index in [1.54, 1.807) is 0 Å². The third kappa shape index (κ3) is 0.891. The van der Waals surface area contributed by atoms with Crippen molar-refractivity contribution in [1.29, 1.82) is 0 Å². The second kappa shape index (κ2) is 2.46. The maximum Gasteiger partial charge on any atom is 0.225 e. The standard InChI is InChI=1S/C9H16N2O/c1-5(2)9(12)11-4-6-3-7(11)8(6)10/h5-8H,3-4,10H2,1-2H3. The normalized spacial score (nSPS) is 38.7. The van der Waals surface area contributed by atoms with Crippen molar-refractivity contribution in [2.24, 2.45) is 17.6 Å². The second-order valence-corrected chi connectivity index (χ2v) is 4.29. The molecule has 12 heavy (non-hydrogen) atoms. The third-order valence-corrected chi connectivity index (χ3v) is 3.14.